The average Bonchev–Trinajstić information content (AvgIpc) is 3.24. The summed E-state index contributed by atoms with van der Waals surface area (Å²) in [7, 11) is 3.20. The minimum absolute atomic E-state index is 0.245. The number of nitrogens with zero attached hydrogens (tertiary/aromatic N) is 1. The molecule has 5 heteroatoms. The number of hydrogen-bond acceptors (Lipinski definition) is 5. The molecule has 1 aliphatic rings. The Labute approximate surface area is 169 Å². The normalized spacial score (nSPS) is 11.0. The second-order valence-electron chi connectivity index (χ2n) is 6.05. The highest BCUT2D eigenvalue weighted by Crippen LogP contribution is 2.32. The van der Waals surface area contributed by atoms with Gasteiger partial charge < -0.3 is 18.9 Å². The highest BCUT2D eigenvalue weighted by atomic mass is 16.7. The summed E-state index contributed by atoms with van der Waals surface area (Å²) in [6.07, 6.45) is 0. The maximum Gasteiger partial charge on any atom is 0.231 e. The van der Waals surface area contributed by atoms with Gasteiger partial charge in [-0.2, -0.15) is 0 Å². The number of methoxy groups -OCH3 is 2. The van der Waals surface area contributed by atoms with Crippen molar-refractivity contribution < 1.29 is 18.9 Å². The van der Waals surface area contributed by atoms with E-state index in [-0.39, 0.29) is 6.79 Å². The lowest BCUT2D eigenvalue weighted by atomic mass is 10.2. The van der Waals surface area contributed by atoms with Gasteiger partial charge in [0.05, 0.1) is 14.2 Å². The van der Waals surface area contributed by atoms with Gasteiger partial charge in [-0.1, -0.05) is 17.9 Å². The van der Waals surface area contributed by atoms with Gasteiger partial charge in [0.1, 0.15) is 11.4 Å². The topological polar surface area (TPSA) is 49.8 Å². The third-order valence-electron chi connectivity index (χ3n) is 4.18. The smallest absolute Gasteiger partial charge is 0.231 e. The summed E-state index contributed by atoms with van der Waals surface area (Å²) in [5, 5.41) is 0. The van der Waals surface area contributed by atoms with E-state index in [1.165, 1.54) is 0 Å². The first-order valence-corrected chi connectivity index (χ1v) is 8.88. The number of benzene rings is 2. The van der Waals surface area contributed by atoms with Crippen LogP contribution in [0.25, 0.3) is 0 Å². The minimum atomic E-state index is 0.245. The van der Waals surface area contributed by atoms with Gasteiger partial charge in [-0.15, -0.1) is 0 Å². The van der Waals surface area contributed by atoms with Gasteiger partial charge in [-0.3, -0.25) is 0 Å². The molecule has 0 bridgehead atoms. The van der Waals surface area contributed by atoms with Crippen molar-refractivity contribution in [2.75, 3.05) is 21.0 Å². The monoisotopic (exact) mass is 383 g/mol. The van der Waals surface area contributed by atoms with E-state index in [1.54, 1.807) is 14.2 Å². The molecule has 0 spiro atoms. The second kappa shape index (κ2) is 8.29. The van der Waals surface area contributed by atoms with Gasteiger partial charge in [0, 0.05) is 11.1 Å². The van der Waals surface area contributed by atoms with Crippen molar-refractivity contribution in [2.24, 2.45) is 0 Å². The summed E-state index contributed by atoms with van der Waals surface area (Å²) in [5.41, 5.74) is 2.92. The average molecular weight is 383 g/mol. The molecule has 5 nitrogen and oxygen atoms in total. The van der Waals surface area contributed by atoms with Crippen LogP contribution in [0, 0.1) is 23.7 Å². The van der Waals surface area contributed by atoms with Crippen molar-refractivity contribution in [1.82, 2.24) is 4.98 Å². The van der Waals surface area contributed by atoms with E-state index < -0.39 is 0 Å². The first kappa shape index (κ1) is 18.3. The van der Waals surface area contributed by atoms with Gasteiger partial charge in [0.2, 0.25) is 6.79 Å². The summed E-state index contributed by atoms with van der Waals surface area (Å²) in [4.78, 5) is 4.49. The summed E-state index contributed by atoms with van der Waals surface area (Å²) >= 11 is 0. The molecule has 29 heavy (non-hydrogen) atoms. The van der Waals surface area contributed by atoms with E-state index in [9.17, 15) is 0 Å². The molecule has 0 N–H and O–H groups in total. The minimum Gasteiger partial charge on any atom is -0.493 e. The Morgan fingerprint density at radius 1 is 0.724 bits per heavy atom. The molecule has 2 aromatic carbocycles. The Balaban J connectivity index is 1.54. The first-order chi connectivity index (χ1) is 14.2. The molecule has 142 valence electrons. The van der Waals surface area contributed by atoms with Crippen LogP contribution in [-0.4, -0.2) is 26.0 Å². The number of aromatic nitrogens is 1. The third kappa shape index (κ3) is 4.26. The maximum absolute atomic E-state index is 5.37. The molecule has 0 amide bonds. The van der Waals surface area contributed by atoms with Crippen molar-refractivity contribution in [1.29, 1.82) is 0 Å². The molecule has 2 heterocycles. The summed E-state index contributed by atoms with van der Waals surface area (Å²) in [6, 6.07) is 16.7. The SMILES string of the molecule is COc1ccc(C#Cc2cccc(C#Cc3ccc4c(c3)OCO4)n2)cc1OC. The van der Waals surface area contributed by atoms with Crippen molar-refractivity contribution in [3.63, 3.8) is 0 Å². The fourth-order valence-corrected chi connectivity index (χ4v) is 2.73. The van der Waals surface area contributed by atoms with Gasteiger partial charge in [-0.05, 0) is 60.4 Å². The molecule has 0 saturated carbocycles. The van der Waals surface area contributed by atoms with Crippen LogP contribution in [0.3, 0.4) is 0 Å². The largest absolute Gasteiger partial charge is 0.493 e. The highest BCUT2D eigenvalue weighted by Gasteiger charge is 2.12. The number of fused-ring (bicyclic) bond motifs is 1. The van der Waals surface area contributed by atoms with Gasteiger partial charge in [-0.25, -0.2) is 4.98 Å². The fraction of sp³-hybridized carbons (Fsp3) is 0.125. The molecule has 0 unspecified atom stereocenters. The Morgan fingerprint density at radius 2 is 1.38 bits per heavy atom. The molecule has 0 radical (unpaired) electrons. The molecule has 4 rings (SSSR count). The van der Waals surface area contributed by atoms with Crippen LogP contribution >= 0.6 is 0 Å². The Kier molecular flexibility index (Phi) is 5.23. The van der Waals surface area contributed by atoms with E-state index in [1.807, 2.05) is 54.6 Å². The molecule has 1 aromatic heterocycles. The van der Waals surface area contributed by atoms with Crippen LogP contribution < -0.4 is 18.9 Å². The second-order valence-corrected chi connectivity index (χ2v) is 6.05. The quantitative estimate of drug-likeness (QED) is 0.633. The Morgan fingerprint density at radius 3 is 2.10 bits per heavy atom. The van der Waals surface area contributed by atoms with Gasteiger partial charge >= 0.3 is 0 Å². The molecule has 3 aromatic rings. The molecule has 0 saturated heterocycles. The number of hydrogen-bond donors (Lipinski definition) is 0. The first-order valence-electron chi connectivity index (χ1n) is 8.88. The maximum atomic E-state index is 5.37. The standard InChI is InChI=1S/C24H17NO4/c1-26-21-12-8-17(14-23(21)27-2)6-10-19-4-3-5-20(25-19)11-7-18-9-13-22-24(15-18)29-16-28-22/h3-5,8-9,12-15H,16H2,1-2H3. The summed E-state index contributed by atoms with van der Waals surface area (Å²) in [5.74, 6) is 15.0. The number of rotatable bonds is 2. The van der Waals surface area contributed by atoms with Crippen LogP contribution in [0.1, 0.15) is 22.5 Å². The third-order valence-corrected chi connectivity index (χ3v) is 4.18. The van der Waals surface area contributed by atoms with Crippen LogP contribution in [0.5, 0.6) is 23.0 Å². The molecular formula is C24H17NO4. The van der Waals surface area contributed by atoms with Crippen molar-refractivity contribution in [3.05, 3.63) is 77.1 Å². The zero-order valence-corrected chi connectivity index (χ0v) is 16.0. The highest BCUT2D eigenvalue weighted by molar-refractivity contribution is 5.52. The van der Waals surface area contributed by atoms with E-state index in [0.717, 1.165) is 16.9 Å². The Bertz CT molecular complexity index is 1180. The Hall–Kier alpha value is -4.09. The van der Waals surface area contributed by atoms with E-state index in [2.05, 4.69) is 28.7 Å². The lowest BCUT2D eigenvalue weighted by Gasteiger charge is -2.06. The van der Waals surface area contributed by atoms with E-state index >= 15 is 0 Å². The lowest BCUT2D eigenvalue weighted by molar-refractivity contribution is 0.174. The zero-order valence-electron chi connectivity index (χ0n) is 16.0. The number of pyridine rings is 1. The molecule has 0 atom stereocenters. The summed E-state index contributed by atoms with van der Waals surface area (Å²) < 4.78 is 21.2. The van der Waals surface area contributed by atoms with Crippen LogP contribution in [-0.2, 0) is 0 Å². The van der Waals surface area contributed by atoms with Crippen molar-refractivity contribution >= 4 is 0 Å². The zero-order chi connectivity index (χ0) is 20.1. The number of ether oxygens (including phenoxy) is 4. The van der Waals surface area contributed by atoms with Gasteiger partial charge in [0.15, 0.2) is 23.0 Å². The van der Waals surface area contributed by atoms with Crippen LogP contribution in [0.15, 0.2) is 54.6 Å². The lowest BCUT2D eigenvalue weighted by Crippen LogP contribution is -1.92. The fourth-order valence-electron chi connectivity index (χ4n) is 2.73. The van der Waals surface area contributed by atoms with Crippen molar-refractivity contribution in [2.45, 2.75) is 0 Å². The van der Waals surface area contributed by atoms with Crippen LogP contribution in [0.2, 0.25) is 0 Å². The van der Waals surface area contributed by atoms with Gasteiger partial charge in [0.25, 0.3) is 0 Å². The van der Waals surface area contributed by atoms with E-state index in [0.29, 0.717) is 28.6 Å². The van der Waals surface area contributed by atoms with E-state index in [4.69, 9.17) is 18.9 Å². The van der Waals surface area contributed by atoms with Crippen LogP contribution in [0.4, 0.5) is 0 Å². The summed E-state index contributed by atoms with van der Waals surface area (Å²) in [6.45, 7) is 0.245. The predicted molar refractivity (Wildman–Crippen MR) is 108 cm³/mol. The molecular weight excluding hydrogens is 366 g/mol. The van der Waals surface area contributed by atoms with Crippen molar-refractivity contribution in [3.8, 4) is 46.7 Å². The molecule has 0 fully saturated rings. The predicted octanol–water partition coefficient (Wildman–Crippen LogP) is 3.63. The molecule has 0 aliphatic carbocycles. The molecule has 1 aliphatic heterocycles.